The largest absolute Gasteiger partial charge is 0.367 e. The highest BCUT2D eigenvalue weighted by Crippen LogP contribution is 2.25. The second kappa shape index (κ2) is 7.31. The molecule has 1 aliphatic rings. The SMILES string of the molecule is C[C@@H]1CN(C(=O)Nc2ccc(C(N)=O)nc2)C[C@H](c2ccccc2)O1. The van der Waals surface area contributed by atoms with Crippen molar-refractivity contribution < 1.29 is 14.3 Å². The fourth-order valence-electron chi connectivity index (χ4n) is 2.79. The molecule has 1 aromatic carbocycles. The molecule has 1 fully saturated rings. The molecule has 2 aromatic rings. The molecular weight excluding hydrogens is 320 g/mol. The lowest BCUT2D eigenvalue weighted by atomic mass is 10.1. The molecule has 7 nitrogen and oxygen atoms in total. The highest BCUT2D eigenvalue weighted by atomic mass is 16.5. The number of aromatic nitrogens is 1. The van der Waals surface area contributed by atoms with Crippen LogP contribution in [0.1, 0.15) is 29.1 Å². The third-order valence-corrected chi connectivity index (χ3v) is 3.99. The van der Waals surface area contributed by atoms with E-state index in [4.69, 9.17) is 10.5 Å². The number of hydrogen-bond donors (Lipinski definition) is 2. The quantitative estimate of drug-likeness (QED) is 0.895. The molecule has 0 unspecified atom stereocenters. The lowest BCUT2D eigenvalue weighted by molar-refractivity contribution is -0.0642. The number of primary amides is 1. The molecule has 1 aromatic heterocycles. The van der Waals surface area contributed by atoms with E-state index in [0.29, 0.717) is 18.8 Å². The van der Waals surface area contributed by atoms with Crippen LogP contribution in [0.4, 0.5) is 10.5 Å². The molecule has 3 N–H and O–H groups in total. The minimum Gasteiger partial charge on any atom is -0.367 e. The average molecular weight is 340 g/mol. The van der Waals surface area contributed by atoms with Crippen LogP contribution >= 0.6 is 0 Å². The van der Waals surface area contributed by atoms with Crippen molar-refractivity contribution in [2.75, 3.05) is 18.4 Å². The average Bonchev–Trinajstić information content (AvgIpc) is 2.62. The molecule has 130 valence electrons. The van der Waals surface area contributed by atoms with Gasteiger partial charge in [0.1, 0.15) is 11.8 Å². The summed E-state index contributed by atoms with van der Waals surface area (Å²) in [6.07, 6.45) is 1.18. The lowest BCUT2D eigenvalue weighted by Crippen LogP contribution is -2.47. The van der Waals surface area contributed by atoms with Crippen molar-refractivity contribution in [3.8, 4) is 0 Å². The molecule has 2 atom stereocenters. The minimum atomic E-state index is -0.606. The zero-order chi connectivity index (χ0) is 17.8. The maximum Gasteiger partial charge on any atom is 0.322 e. The Labute approximate surface area is 145 Å². The van der Waals surface area contributed by atoms with E-state index in [-0.39, 0.29) is 23.9 Å². The van der Waals surface area contributed by atoms with Crippen LogP contribution in [0.5, 0.6) is 0 Å². The van der Waals surface area contributed by atoms with Crippen LogP contribution in [0.15, 0.2) is 48.7 Å². The van der Waals surface area contributed by atoms with Crippen molar-refractivity contribution >= 4 is 17.6 Å². The number of morpholine rings is 1. The Bertz CT molecular complexity index is 749. The van der Waals surface area contributed by atoms with Gasteiger partial charge in [-0.25, -0.2) is 9.78 Å². The number of benzene rings is 1. The molecule has 2 heterocycles. The van der Waals surface area contributed by atoms with Crippen molar-refractivity contribution in [3.63, 3.8) is 0 Å². The fourth-order valence-corrected chi connectivity index (χ4v) is 2.79. The van der Waals surface area contributed by atoms with E-state index in [1.807, 2.05) is 37.3 Å². The van der Waals surface area contributed by atoms with Crippen molar-refractivity contribution in [2.24, 2.45) is 5.73 Å². The topological polar surface area (TPSA) is 97.6 Å². The summed E-state index contributed by atoms with van der Waals surface area (Å²) in [5, 5.41) is 2.79. The molecule has 3 rings (SSSR count). The van der Waals surface area contributed by atoms with E-state index in [0.717, 1.165) is 5.56 Å². The molecule has 0 aliphatic carbocycles. The maximum atomic E-state index is 12.5. The molecule has 1 saturated heterocycles. The van der Waals surface area contributed by atoms with Crippen LogP contribution in [0.3, 0.4) is 0 Å². The Morgan fingerprint density at radius 3 is 2.60 bits per heavy atom. The number of amides is 3. The normalized spacial score (nSPS) is 20.1. The standard InChI is InChI=1S/C18H20N4O3/c1-12-10-22(11-16(25-12)13-5-3-2-4-6-13)18(24)21-14-7-8-15(17(19)23)20-9-14/h2-9,12,16H,10-11H2,1H3,(H2,19,23)(H,21,24)/t12-,16-/m1/s1. The van der Waals surface area contributed by atoms with E-state index >= 15 is 0 Å². The molecule has 0 radical (unpaired) electrons. The summed E-state index contributed by atoms with van der Waals surface area (Å²) in [6, 6.07) is 12.7. The van der Waals surface area contributed by atoms with Gasteiger partial charge < -0.3 is 20.7 Å². The van der Waals surface area contributed by atoms with E-state index in [9.17, 15) is 9.59 Å². The number of nitrogens with one attached hydrogen (secondary N) is 1. The van der Waals surface area contributed by atoms with Gasteiger partial charge in [0.15, 0.2) is 0 Å². The third kappa shape index (κ3) is 4.13. The van der Waals surface area contributed by atoms with Gasteiger partial charge in [0.25, 0.3) is 5.91 Å². The zero-order valence-corrected chi connectivity index (χ0v) is 13.9. The highest BCUT2D eigenvalue weighted by Gasteiger charge is 2.29. The first kappa shape index (κ1) is 16.9. The zero-order valence-electron chi connectivity index (χ0n) is 13.9. The number of carbonyl (C=O) groups excluding carboxylic acids is 2. The van der Waals surface area contributed by atoms with Crippen LogP contribution in [-0.2, 0) is 4.74 Å². The highest BCUT2D eigenvalue weighted by molar-refractivity contribution is 5.92. The number of ether oxygens (including phenoxy) is 1. The Morgan fingerprint density at radius 1 is 1.20 bits per heavy atom. The Balaban J connectivity index is 1.67. The van der Waals surface area contributed by atoms with E-state index in [2.05, 4.69) is 10.3 Å². The second-order valence-electron chi connectivity index (χ2n) is 5.98. The first-order valence-electron chi connectivity index (χ1n) is 8.05. The summed E-state index contributed by atoms with van der Waals surface area (Å²) in [5.41, 5.74) is 6.86. The fraction of sp³-hybridized carbons (Fsp3) is 0.278. The van der Waals surface area contributed by atoms with Crippen molar-refractivity contribution in [3.05, 3.63) is 59.9 Å². The van der Waals surface area contributed by atoms with Crippen molar-refractivity contribution in [2.45, 2.75) is 19.1 Å². The smallest absolute Gasteiger partial charge is 0.322 e. The van der Waals surface area contributed by atoms with Gasteiger partial charge >= 0.3 is 6.03 Å². The summed E-state index contributed by atoms with van der Waals surface area (Å²) >= 11 is 0. The first-order valence-corrected chi connectivity index (χ1v) is 8.05. The van der Waals surface area contributed by atoms with Gasteiger partial charge in [-0.15, -0.1) is 0 Å². The number of pyridine rings is 1. The van der Waals surface area contributed by atoms with Gasteiger partial charge in [-0.1, -0.05) is 30.3 Å². The summed E-state index contributed by atoms with van der Waals surface area (Å²) in [5.74, 6) is -0.606. The number of anilines is 1. The Morgan fingerprint density at radius 2 is 1.96 bits per heavy atom. The van der Waals surface area contributed by atoms with Crippen LogP contribution in [0, 0.1) is 0 Å². The number of nitrogens with zero attached hydrogens (tertiary/aromatic N) is 2. The van der Waals surface area contributed by atoms with Gasteiger partial charge in [-0.05, 0) is 24.6 Å². The molecule has 25 heavy (non-hydrogen) atoms. The van der Waals surface area contributed by atoms with Gasteiger partial charge in [0.05, 0.1) is 24.5 Å². The number of nitrogens with two attached hydrogens (primary N) is 1. The molecule has 0 saturated carbocycles. The van der Waals surface area contributed by atoms with Crippen molar-refractivity contribution in [1.29, 1.82) is 0 Å². The summed E-state index contributed by atoms with van der Waals surface area (Å²) in [6.45, 7) is 2.91. The molecule has 1 aliphatic heterocycles. The van der Waals surface area contributed by atoms with E-state index < -0.39 is 5.91 Å². The summed E-state index contributed by atoms with van der Waals surface area (Å²) in [4.78, 5) is 29.2. The van der Waals surface area contributed by atoms with Gasteiger partial charge in [0, 0.05) is 6.54 Å². The summed E-state index contributed by atoms with van der Waals surface area (Å²) in [7, 11) is 0. The van der Waals surface area contributed by atoms with Gasteiger partial charge in [-0.2, -0.15) is 0 Å². The summed E-state index contributed by atoms with van der Waals surface area (Å²) < 4.78 is 5.96. The predicted molar refractivity (Wildman–Crippen MR) is 93.1 cm³/mol. The number of carbonyl (C=O) groups is 2. The molecular formula is C18H20N4O3. The monoisotopic (exact) mass is 340 g/mol. The van der Waals surface area contributed by atoms with Gasteiger partial charge in [-0.3, -0.25) is 4.79 Å². The van der Waals surface area contributed by atoms with Crippen LogP contribution in [0.2, 0.25) is 0 Å². The Hall–Kier alpha value is -2.93. The number of rotatable bonds is 3. The predicted octanol–water partition coefficient (Wildman–Crippen LogP) is 2.17. The maximum absolute atomic E-state index is 12.5. The Kier molecular flexibility index (Phi) is 4.95. The van der Waals surface area contributed by atoms with Gasteiger partial charge in [0.2, 0.25) is 0 Å². The molecule has 3 amide bonds. The van der Waals surface area contributed by atoms with Crippen molar-refractivity contribution in [1.82, 2.24) is 9.88 Å². The molecule has 0 bridgehead atoms. The third-order valence-electron chi connectivity index (χ3n) is 3.99. The molecule has 7 heteroatoms. The van der Waals surface area contributed by atoms with E-state index in [1.54, 1.807) is 11.0 Å². The van der Waals surface area contributed by atoms with Crippen LogP contribution in [0.25, 0.3) is 0 Å². The molecule has 0 spiro atoms. The number of urea groups is 1. The lowest BCUT2D eigenvalue weighted by Gasteiger charge is -2.37. The van der Waals surface area contributed by atoms with E-state index in [1.165, 1.54) is 12.3 Å². The first-order chi connectivity index (χ1) is 12.0. The van der Waals surface area contributed by atoms with Crippen LogP contribution < -0.4 is 11.1 Å². The number of hydrogen-bond acceptors (Lipinski definition) is 4. The second-order valence-corrected chi connectivity index (χ2v) is 5.98. The van der Waals surface area contributed by atoms with Crippen LogP contribution in [-0.4, -0.2) is 41.0 Å². The minimum absolute atomic E-state index is 0.0694.